The second kappa shape index (κ2) is 8.97. The van der Waals surface area contributed by atoms with Crippen LogP contribution in [0.4, 0.5) is 0 Å². The standard InChI is InChI=1S/C16H33N/c1-4-5-6-11-16(13-17-12-14(2)3)15-9-7-8-10-15/h14-17H,4-13H2,1-3H3. The van der Waals surface area contributed by atoms with Gasteiger partial charge < -0.3 is 5.32 Å². The third-order valence-electron chi connectivity index (χ3n) is 4.20. The molecular weight excluding hydrogens is 206 g/mol. The van der Waals surface area contributed by atoms with Gasteiger partial charge in [-0.3, -0.25) is 0 Å². The van der Waals surface area contributed by atoms with Gasteiger partial charge in [-0.15, -0.1) is 0 Å². The average molecular weight is 239 g/mol. The number of unbranched alkanes of at least 4 members (excludes halogenated alkanes) is 2. The Kier molecular flexibility index (Phi) is 7.92. The van der Waals surface area contributed by atoms with E-state index in [0.29, 0.717) is 0 Å². The van der Waals surface area contributed by atoms with E-state index in [1.165, 1.54) is 64.5 Å². The van der Waals surface area contributed by atoms with Crippen LogP contribution in [0, 0.1) is 17.8 Å². The molecule has 0 aromatic rings. The van der Waals surface area contributed by atoms with Gasteiger partial charge in [0.2, 0.25) is 0 Å². The van der Waals surface area contributed by atoms with Crippen molar-refractivity contribution in [3.05, 3.63) is 0 Å². The number of nitrogens with one attached hydrogen (secondary N) is 1. The highest BCUT2D eigenvalue weighted by atomic mass is 14.9. The van der Waals surface area contributed by atoms with Gasteiger partial charge in [0.15, 0.2) is 0 Å². The minimum atomic E-state index is 0.787. The Balaban J connectivity index is 2.24. The van der Waals surface area contributed by atoms with Crippen molar-refractivity contribution in [2.75, 3.05) is 13.1 Å². The normalized spacial score (nSPS) is 19.1. The van der Waals surface area contributed by atoms with Crippen molar-refractivity contribution in [2.24, 2.45) is 17.8 Å². The Morgan fingerprint density at radius 1 is 1.06 bits per heavy atom. The molecule has 1 heteroatoms. The summed E-state index contributed by atoms with van der Waals surface area (Å²) in [5, 5.41) is 3.69. The van der Waals surface area contributed by atoms with E-state index in [-0.39, 0.29) is 0 Å². The molecule has 17 heavy (non-hydrogen) atoms. The van der Waals surface area contributed by atoms with Crippen LogP contribution >= 0.6 is 0 Å². The van der Waals surface area contributed by atoms with Gasteiger partial charge in [0.05, 0.1) is 0 Å². The summed E-state index contributed by atoms with van der Waals surface area (Å²) in [6.45, 7) is 9.37. The zero-order chi connectivity index (χ0) is 12.5. The van der Waals surface area contributed by atoms with E-state index in [4.69, 9.17) is 0 Å². The fourth-order valence-corrected chi connectivity index (χ4v) is 3.15. The maximum Gasteiger partial charge on any atom is -0.00178 e. The minimum absolute atomic E-state index is 0.787. The van der Waals surface area contributed by atoms with Crippen LogP contribution in [-0.2, 0) is 0 Å². The summed E-state index contributed by atoms with van der Waals surface area (Å²) in [7, 11) is 0. The van der Waals surface area contributed by atoms with Crippen LogP contribution in [0.3, 0.4) is 0 Å². The molecule has 0 radical (unpaired) electrons. The van der Waals surface area contributed by atoms with E-state index >= 15 is 0 Å². The van der Waals surface area contributed by atoms with E-state index in [2.05, 4.69) is 26.1 Å². The topological polar surface area (TPSA) is 12.0 Å². The summed E-state index contributed by atoms with van der Waals surface area (Å²) in [6.07, 6.45) is 11.7. The summed E-state index contributed by atoms with van der Waals surface area (Å²) in [4.78, 5) is 0. The highest BCUT2D eigenvalue weighted by Gasteiger charge is 2.24. The molecule has 0 saturated heterocycles. The fourth-order valence-electron chi connectivity index (χ4n) is 3.15. The Bertz CT molecular complexity index is 170. The first-order valence-corrected chi connectivity index (χ1v) is 7.94. The quantitative estimate of drug-likeness (QED) is 0.579. The van der Waals surface area contributed by atoms with Crippen molar-refractivity contribution in [3.63, 3.8) is 0 Å². The molecule has 1 nitrogen and oxygen atoms in total. The summed E-state index contributed by atoms with van der Waals surface area (Å²) in [6, 6.07) is 0. The summed E-state index contributed by atoms with van der Waals surface area (Å²) < 4.78 is 0. The van der Waals surface area contributed by atoms with Gasteiger partial charge in [0, 0.05) is 0 Å². The Morgan fingerprint density at radius 3 is 2.35 bits per heavy atom. The monoisotopic (exact) mass is 239 g/mol. The van der Waals surface area contributed by atoms with E-state index in [1.807, 2.05) is 0 Å². The Labute approximate surface area is 109 Å². The zero-order valence-corrected chi connectivity index (χ0v) is 12.3. The smallest absolute Gasteiger partial charge is 0.00178 e. The van der Waals surface area contributed by atoms with Crippen LogP contribution in [0.1, 0.15) is 72.1 Å². The van der Waals surface area contributed by atoms with E-state index in [1.54, 1.807) is 0 Å². The number of hydrogen-bond donors (Lipinski definition) is 1. The maximum atomic E-state index is 3.69. The molecule has 1 fully saturated rings. The third kappa shape index (κ3) is 6.45. The first-order chi connectivity index (χ1) is 8.24. The molecule has 1 aliphatic carbocycles. The van der Waals surface area contributed by atoms with Crippen LogP contribution in [0.15, 0.2) is 0 Å². The molecule has 1 saturated carbocycles. The van der Waals surface area contributed by atoms with Crippen LogP contribution < -0.4 is 5.32 Å². The summed E-state index contributed by atoms with van der Waals surface area (Å²) >= 11 is 0. The van der Waals surface area contributed by atoms with Gasteiger partial charge >= 0.3 is 0 Å². The fraction of sp³-hybridized carbons (Fsp3) is 1.00. The zero-order valence-electron chi connectivity index (χ0n) is 12.3. The molecular formula is C16H33N. The average Bonchev–Trinajstić information content (AvgIpc) is 2.80. The van der Waals surface area contributed by atoms with Crippen molar-refractivity contribution >= 4 is 0 Å². The van der Waals surface area contributed by atoms with Crippen molar-refractivity contribution in [3.8, 4) is 0 Å². The molecule has 1 unspecified atom stereocenters. The predicted octanol–water partition coefficient (Wildman–Crippen LogP) is 4.62. The van der Waals surface area contributed by atoms with Crippen molar-refractivity contribution < 1.29 is 0 Å². The first kappa shape index (κ1) is 15.0. The van der Waals surface area contributed by atoms with Crippen LogP contribution in [-0.4, -0.2) is 13.1 Å². The van der Waals surface area contributed by atoms with Crippen LogP contribution in [0.5, 0.6) is 0 Å². The lowest BCUT2D eigenvalue weighted by Crippen LogP contribution is -2.30. The molecule has 0 aliphatic heterocycles. The highest BCUT2D eigenvalue weighted by Crippen LogP contribution is 2.33. The first-order valence-electron chi connectivity index (χ1n) is 7.94. The molecule has 0 spiro atoms. The van der Waals surface area contributed by atoms with Crippen LogP contribution in [0.2, 0.25) is 0 Å². The van der Waals surface area contributed by atoms with Crippen molar-refractivity contribution in [2.45, 2.75) is 72.1 Å². The molecule has 1 atom stereocenters. The Hall–Kier alpha value is -0.0400. The molecule has 0 amide bonds. The van der Waals surface area contributed by atoms with Gasteiger partial charge in [-0.05, 0) is 37.3 Å². The lowest BCUT2D eigenvalue weighted by Gasteiger charge is -2.24. The minimum Gasteiger partial charge on any atom is -0.316 e. The van der Waals surface area contributed by atoms with Gasteiger partial charge in [0.1, 0.15) is 0 Å². The molecule has 0 heterocycles. The van der Waals surface area contributed by atoms with Gasteiger partial charge in [-0.1, -0.05) is 65.7 Å². The SMILES string of the molecule is CCCCCC(CNCC(C)C)C1CCCC1. The highest BCUT2D eigenvalue weighted by molar-refractivity contribution is 4.77. The van der Waals surface area contributed by atoms with Gasteiger partial charge in [0.25, 0.3) is 0 Å². The molecule has 1 rings (SSSR count). The van der Waals surface area contributed by atoms with E-state index in [9.17, 15) is 0 Å². The molecule has 1 N–H and O–H groups in total. The van der Waals surface area contributed by atoms with Crippen LogP contribution in [0.25, 0.3) is 0 Å². The molecule has 102 valence electrons. The molecule has 0 aromatic heterocycles. The van der Waals surface area contributed by atoms with E-state index in [0.717, 1.165) is 17.8 Å². The van der Waals surface area contributed by atoms with E-state index < -0.39 is 0 Å². The molecule has 0 bridgehead atoms. The molecule has 0 aromatic carbocycles. The molecule has 1 aliphatic rings. The lowest BCUT2D eigenvalue weighted by molar-refractivity contribution is 0.292. The maximum absolute atomic E-state index is 3.69. The number of rotatable bonds is 9. The van der Waals surface area contributed by atoms with Gasteiger partial charge in [-0.2, -0.15) is 0 Å². The largest absolute Gasteiger partial charge is 0.316 e. The number of hydrogen-bond acceptors (Lipinski definition) is 1. The summed E-state index contributed by atoms with van der Waals surface area (Å²) in [5.74, 6) is 2.78. The third-order valence-corrected chi connectivity index (χ3v) is 4.20. The second-order valence-electron chi connectivity index (χ2n) is 6.35. The second-order valence-corrected chi connectivity index (χ2v) is 6.35. The predicted molar refractivity (Wildman–Crippen MR) is 77.3 cm³/mol. The van der Waals surface area contributed by atoms with Crippen molar-refractivity contribution in [1.29, 1.82) is 0 Å². The summed E-state index contributed by atoms with van der Waals surface area (Å²) in [5.41, 5.74) is 0. The van der Waals surface area contributed by atoms with Crippen molar-refractivity contribution in [1.82, 2.24) is 5.32 Å². The Morgan fingerprint density at radius 2 is 1.76 bits per heavy atom. The lowest BCUT2D eigenvalue weighted by atomic mass is 9.86. The van der Waals surface area contributed by atoms with Gasteiger partial charge in [-0.25, -0.2) is 0 Å².